The van der Waals surface area contributed by atoms with Crippen molar-refractivity contribution in [3.05, 3.63) is 42.2 Å². The molecule has 0 radical (unpaired) electrons. The maximum atomic E-state index is 12.3. The van der Waals surface area contributed by atoms with Crippen LogP contribution in [-0.4, -0.2) is 24.5 Å². The number of fused-ring (bicyclic) bond motifs is 2. The van der Waals surface area contributed by atoms with Crippen LogP contribution in [0, 0.1) is 5.92 Å². The Hall–Kier alpha value is -2.27. The molecule has 2 fully saturated rings. The molecule has 5 nitrogen and oxygen atoms in total. The fraction of sp³-hybridized carbons (Fsp3) is 0.353. The van der Waals surface area contributed by atoms with Gasteiger partial charge in [-0.05, 0) is 49.6 Å². The molecule has 5 heteroatoms. The lowest BCUT2D eigenvalue weighted by atomic mass is 10.1. The molecule has 3 atom stereocenters. The minimum atomic E-state index is -0.144. The van der Waals surface area contributed by atoms with Gasteiger partial charge in [-0.15, -0.1) is 0 Å². The number of hydrogen-bond acceptors (Lipinski definition) is 4. The first-order valence-corrected chi connectivity index (χ1v) is 7.69. The summed E-state index contributed by atoms with van der Waals surface area (Å²) in [4.78, 5) is 12.3. The largest absolute Gasteiger partial charge is 0.451 e. The van der Waals surface area contributed by atoms with Crippen molar-refractivity contribution in [1.82, 2.24) is 10.6 Å². The van der Waals surface area contributed by atoms with Crippen LogP contribution in [0.1, 0.15) is 23.4 Å². The van der Waals surface area contributed by atoms with Gasteiger partial charge in [-0.25, -0.2) is 0 Å². The monoisotopic (exact) mass is 297 g/mol. The van der Waals surface area contributed by atoms with Gasteiger partial charge < -0.3 is 20.8 Å². The Balaban J connectivity index is 1.48. The lowest BCUT2D eigenvalue weighted by Gasteiger charge is -2.23. The van der Waals surface area contributed by atoms with Crippen molar-refractivity contribution in [3.63, 3.8) is 0 Å². The first-order chi connectivity index (χ1) is 10.7. The molecule has 2 aliphatic rings. The number of rotatable bonds is 3. The van der Waals surface area contributed by atoms with Crippen LogP contribution in [-0.2, 0) is 0 Å². The zero-order valence-electron chi connectivity index (χ0n) is 12.2. The Bertz CT molecular complexity index is 709. The molecule has 2 heterocycles. The van der Waals surface area contributed by atoms with Gasteiger partial charge in [0.05, 0.1) is 0 Å². The fourth-order valence-electron chi connectivity index (χ4n) is 3.56. The molecule has 0 spiro atoms. The van der Waals surface area contributed by atoms with Gasteiger partial charge in [0.1, 0.15) is 5.76 Å². The summed E-state index contributed by atoms with van der Waals surface area (Å²) in [6.07, 6.45) is 2.23. The average molecular weight is 297 g/mol. The van der Waals surface area contributed by atoms with E-state index < -0.39 is 0 Å². The molecule has 22 heavy (non-hydrogen) atoms. The number of nitrogens with one attached hydrogen (secondary N) is 2. The highest BCUT2D eigenvalue weighted by Gasteiger charge is 2.40. The highest BCUT2D eigenvalue weighted by Crippen LogP contribution is 2.31. The highest BCUT2D eigenvalue weighted by atomic mass is 16.3. The van der Waals surface area contributed by atoms with E-state index in [1.807, 2.05) is 30.3 Å². The van der Waals surface area contributed by atoms with E-state index in [1.54, 1.807) is 6.07 Å². The van der Waals surface area contributed by atoms with Crippen LogP contribution in [0.3, 0.4) is 0 Å². The maximum absolute atomic E-state index is 12.3. The van der Waals surface area contributed by atoms with Gasteiger partial charge in [-0.1, -0.05) is 12.1 Å². The van der Waals surface area contributed by atoms with E-state index in [2.05, 4.69) is 10.6 Å². The highest BCUT2D eigenvalue weighted by molar-refractivity contribution is 5.92. The van der Waals surface area contributed by atoms with Gasteiger partial charge in [0.15, 0.2) is 5.76 Å². The second-order valence-corrected chi connectivity index (χ2v) is 6.22. The molecular weight excluding hydrogens is 278 g/mol. The smallest absolute Gasteiger partial charge is 0.287 e. The number of benzene rings is 1. The van der Waals surface area contributed by atoms with Crippen molar-refractivity contribution in [2.75, 3.05) is 12.3 Å². The van der Waals surface area contributed by atoms with E-state index in [0.29, 0.717) is 29.2 Å². The first-order valence-electron chi connectivity index (χ1n) is 7.69. The van der Waals surface area contributed by atoms with Crippen molar-refractivity contribution in [1.29, 1.82) is 0 Å². The molecule has 1 amide bonds. The summed E-state index contributed by atoms with van der Waals surface area (Å²) in [7, 11) is 0. The molecule has 1 saturated heterocycles. The number of nitrogen functional groups attached to an aromatic ring is 1. The predicted molar refractivity (Wildman–Crippen MR) is 84.3 cm³/mol. The van der Waals surface area contributed by atoms with Crippen molar-refractivity contribution in [2.45, 2.75) is 24.9 Å². The molecule has 4 N–H and O–H groups in total. The van der Waals surface area contributed by atoms with Crippen LogP contribution in [0.5, 0.6) is 0 Å². The second kappa shape index (κ2) is 5.18. The average Bonchev–Trinajstić information content (AvgIpc) is 3.23. The lowest BCUT2D eigenvalue weighted by Crippen LogP contribution is -2.47. The van der Waals surface area contributed by atoms with E-state index >= 15 is 0 Å². The number of amides is 1. The SMILES string of the molecule is Nc1cccc(-c2ccc(C(=O)NC3CC4CNC3C4)o2)c1. The zero-order chi connectivity index (χ0) is 15.1. The number of carbonyl (C=O) groups is 1. The van der Waals surface area contributed by atoms with Crippen LogP contribution in [0.4, 0.5) is 5.69 Å². The summed E-state index contributed by atoms with van der Waals surface area (Å²) in [6, 6.07) is 11.6. The summed E-state index contributed by atoms with van der Waals surface area (Å²) in [5.41, 5.74) is 7.33. The number of furan rings is 1. The third-order valence-corrected chi connectivity index (χ3v) is 4.65. The van der Waals surface area contributed by atoms with Crippen LogP contribution < -0.4 is 16.4 Å². The molecule has 1 aliphatic carbocycles. The van der Waals surface area contributed by atoms with Gasteiger partial charge in [0, 0.05) is 23.3 Å². The van der Waals surface area contributed by atoms with Crippen LogP contribution in [0.25, 0.3) is 11.3 Å². The Morgan fingerprint density at radius 1 is 1.27 bits per heavy atom. The zero-order valence-corrected chi connectivity index (χ0v) is 12.2. The third kappa shape index (κ3) is 2.37. The van der Waals surface area contributed by atoms with Gasteiger partial charge in [0.25, 0.3) is 5.91 Å². The van der Waals surface area contributed by atoms with E-state index in [4.69, 9.17) is 10.2 Å². The number of anilines is 1. The van der Waals surface area contributed by atoms with Crippen molar-refractivity contribution >= 4 is 11.6 Å². The molecule has 1 aliphatic heterocycles. The Morgan fingerprint density at radius 3 is 2.91 bits per heavy atom. The van der Waals surface area contributed by atoms with E-state index in [-0.39, 0.29) is 11.9 Å². The van der Waals surface area contributed by atoms with Crippen LogP contribution >= 0.6 is 0 Å². The standard InChI is InChI=1S/C17H19N3O2/c18-12-3-1-2-11(8-12)15-4-5-16(22-15)17(21)20-14-7-10-6-13(14)19-9-10/h1-5,8,10,13-14,19H,6-7,9,18H2,(H,20,21). The van der Waals surface area contributed by atoms with Gasteiger partial charge in [-0.2, -0.15) is 0 Å². The minimum Gasteiger partial charge on any atom is -0.451 e. The summed E-state index contributed by atoms with van der Waals surface area (Å²) in [5, 5.41) is 6.52. The molecule has 2 bridgehead atoms. The molecule has 114 valence electrons. The number of nitrogens with two attached hydrogens (primary N) is 1. The van der Waals surface area contributed by atoms with E-state index in [1.165, 1.54) is 0 Å². The minimum absolute atomic E-state index is 0.144. The molecular formula is C17H19N3O2. The topological polar surface area (TPSA) is 80.3 Å². The normalized spacial score (nSPS) is 26.3. The van der Waals surface area contributed by atoms with Crippen LogP contribution in [0.15, 0.2) is 40.8 Å². The molecule has 1 aromatic carbocycles. The predicted octanol–water partition coefficient (Wildman–Crippen LogP) is 2.01. The van der Waals surface area contributed by atoms with E-state index in [9.17, 15) is 4.79 Å². The molecule has 1 saturated carbocycles. The van der Waals surface area contributed by atoms with Gasteiger partial charge in [-0.3, -0.25) is 4.79 Å². The number of hydrogen-bond donors (Lipinski definition) is 3. The Morgan fingerprint density at radius 2 is 2.18 bits per heavy atom. The lowest BCUT2D eigenvalue weighted by molar-refractivity contribution is 0.0901. The van der Waals surface area contributed by atoms with E-state index in [0.717, 1.165) is 24.9 Å². The van der Waals surface area contributed by atoms with Crippen LogP contribution in [0.2, 0.25) is 0 Å². The first kappa shape index (κ1) is 13.4. The Kier molecular flexibility index (Phi) is 3.15. The van der Waals surface area contributed by atoms with Crippen molar-refractivity contribution in [3.8, 4) is 11.3 Å². The van der Waals surface area contributed by atoms with Gasteiger partial charge in [0.2, 0.25) is 0 Å². The fourth-order valence-corrected chi connectivity index (χ4v) is 3.56. The quantitative estimate of drug-likeness (QED) is 0.757. The Labute approximate surface area is 128 Å². The molecule has 1 aromatic heterocycles. The van der Waals surface area contributed by atoms with Crippen molar-refractivity contribution in [2.24, 2.45) is 5.92 Å². The van der Waals surface area contributed by atoms with Crippen molar-refractivity contribution < 1.29 is 9.21 Å². The summed E-state index contributed by atoms with van der Waals surface area (Å²) >= 11 is 0. The van der Waals surface area contributed by atoms with Gasteiger partial charge >= 0.3 is 0 Å². The second-order valence-electron chi connectivity index (χ2n) is 6.22. The maximum Gasteiger partial charge on any atom is 0.287 e. The third-order valence-electron chi connectivity index (χ3n) is 4.65. The molecule has 4 rings (SSSR count). The summed E-state index contributed by atoms with van der Waals surface area (Å²) < 4.78 is 5.69. The molecule has 2 aromatic rings. The number of piperidine rings is 1. The summed E-state index contributed by atoms with van der Waals surface area (Å²) in [6.45, 7) is 1.08. The molecule has 3 unspecified atom stereocenters. The number of carbonyl (C=O) groups excluding carboxylic acids is 1. The summed E-state index contributed by atoms with van der Waals surface area (Å²) in [5.74, 6) is 1.56.